The molecule has 0 aliphatic rings. The average molecular weight is 360 g/mol. The zero-order valence-corrected chi connectivity index (χ0v) is 14.4. The van der Waals surface area contributed by atoms with Crippen molar-refractivity contribution in [3.05, 3.63) is 35.7 Å². The van der Waals surface area contributed by atoms with E-state index in [4.69, 9.17) is 5.11 Å². The van der Waals surface area contributed by atoms with Crippen LogP contribution in [0.1, 0.15) is 30.4 Å². The molecule has 10 heteroatoms. The first kappa shape index (κ1) is 16.8. The van der Waals surface area contributed by atoms with Gasteiger partial charge in [0.25, 0.3) is 5.91 Å². The van der Waals surface area contributed by atoms with Crippen LogP contribution >= 0.6 is 11.3 Å². The number of hydrogen-bond acceptors (Lipinski definition) is 6. The summed E-state index contributed by atoms with van der Waals surface area (Å²) in [5.74, 6) is -1.46. The SMILES string of the molecule is CCn1cc(-c2csc(NC(=O)C(C)n3ccc(C(=O)O)n3)n2)cn1. The first-order chi connectivity index (χ1) is 12.0. The second kappa shape index (κ2) is 6.85. The summed E-state index contributed by atoms with van der Waals surface area (Å²) >= 11 is 1.31. The molecule has 1 unspecified atom stereocenters. The van der Waals surface area contributed by atoms with Crippen molar-refractivity contribution in [3.8, 4) is 11.3 Å². The number of carboxylic acid groups (broad SMARTS) is 1. The van der Waals surface area contributed by atoms with Crippen LogP contribution in [-0.4, -0.2) is 41.5 Å². The van der Waals surface area contributed by atoms with Gasteiger partial charge in [-0.05, 0) is 19.9 Å². The smallest absolute Gasteiger partial charge is 0.356 e. The second-order valence-electron chi connectivity index (χ2n) is 5.27. The van der Waals surface area contributed by atoms with E-state index in [2.05, 4.69) is 20.5 Å². The van der Waals surface area contributed by atoms with Crippen molar-refractivity contribution in [2.75, 3.05) is 5.32 Å². The minimum absolute atomic E-state index is 0.107. The molecule has 1 amide bonds. The molecule has 3 aromatic rings. The second-order valence-corrected chi connectivity index (χ2v) is 6.13. The van der Waals surface area contributed by atoms with Gasteiger partial charge in [0, 0.05) is 29.9 Å². The van der Waals surface area contributed by atoms with Gasteiger partial charge in [0.2, 0.25) is 0 Å². The maximum absolute atomic E-state index is 12.3. The summed E-state index contributed by atoms with van der Waals surface area (Å²) in [4.78, 5) is 27.6. The summed E-state index contributed by atoms with van der Waals surface area (Å²) in [7, 11) is 0. The molecule has 0 saturated heterocycles. The van der Waals surface area contributed by atoms with E-state index in [1.165, 1.54) is 28.3 Å². The lowest BCUT2D eigenvalue weighted by Crippen LogP contribution is -2.24. The van der Waals surface area contributed by atoms with E-state index < -0.39 is 12.0 Å². The predicted molar refractivity (Wildman–Crippen MR) is 91.5 cm³/mol. The molecule has 0 radical (unpaired) electrons. The number of carboxylic acids is 1. The Labute approximate surface area is 146 Å². The number of aromatic carboxylic acids is 1. The number of aryl methyl sites for hydroxylation is 1. The maximum Gasteiger partial charge on any atom is 0.356 e. The summed E-state index contributed by atoms with van der Waals surface area (Å²) in [5, 5.41) is 22.0. The van der Waals surface area contributed by atoms with Gasteiger partial charge in [-0.3, -0.25) is 14.2 Å². The number of carbonyl (C=O) groups is 2. The third-order valence-corrected chi connectivity index (χ3v) is 4.35. The minimum Gasteiger partial charge on any atom is -0.476 e. The molecular weight excluding hydrogens is 344 g/mol. The highest BCUT2D eigenvalue weighted by molar-refractivity contribution is 7.14. The fourth-order valence-electron chi connectivity index (χ4n) is 2.13. The van der Waals surface area contributed by atoms with Crippen molar-refractivity contribution >= 4 is 28.3 Å². The van der Waals surface area contributed by atoms with Crippen LogP contribution in [0.15, 0.2) is 30.0 Å². The van der Waals surface area contributed by atoms with Crippen LogP contribution in [0.2, 0.25) is 0 Å². The van der Waals surface area contributed by atoms with Gasteiger partial charge in [-0.2, -0.15) is 10.2 Å². The van der Waals surface area contributed by atoms with Gasteiger partial charge in [-0.15, -0.1) is 11.3 Å². The first-order valence-corrected chi connectivity index (χ1v) is 8.43. The number of nitrogens with zero attached hydrogens (tertiary/aromatic N) is 5. The van der Waals surface area contributed by atoms with Crippen molar-refractivity contribution in [3.63, 3.8) is 0 Å². The third-order valence-electron chi connectivity index (χ3n) is 3.59. The molecular formula is C15H16N6O3S. The van der Waals surface area contributed by atoms with E-state index in [1.807, 2.05) is 18.5 Å². The number of hydrogen-bond donors (Lipinski definition) is 2. The van der Waals surface area contributed by atoms with Gasteiger partial charge in [0.15, 0.2) is 10.8 Å². The van der Waals surface area contributed by atoms with Gasteiger partial charge in [-0.1, -0.05) is 0 Å². The largest absolute Gasteiger partial charge is 0.476 e. The Morgan fingerprint density at radius 1 is 1.44 bits per heavy atom. The molecule has 2 N–H and O–H groups in total. The lowest BCUT2D eigenvalue weighted by Gasteiger charge is -2.10. The summed E-state index contributed by atoms with van der Waals surface area (Å²) in [5.41, 5.74) is 1.51. The number of rotatable bonds is 6. The third kappa shape index (κ3) is 3.58. The number of anilines is 1. The number of aromatic nitrogens is 5. The quantitative estimate of drug-likeness (QED) is 0.696. The standard InChI is InChI=1S/C15H16N6O3S/c1-3-20-7-10(6-16-20)12-8-25-15(17-12)18-13(22)9(2)21-5-4-11(19-21)14(23)24/h4-9H,3H2,1-2H3,(H,23,24)(H,17,18,22). The van der Waals surface area contributed by atoms with E-state index in [9.17, 15) is 9.59 Å². The first-order valence-electron chi connectivity index (χ1n) is 7.55. The maximum atomic E-state index is 12.3. The number of nitrogens with one attached hydrogen (secondary N) is 1. The van der Waals surface area contributed by atoms with Crippen molar-refractivity contribution in [2.24, 2.45) is 0 Å². The van der Waals surface area contributed by atoms with Crippen molar-refractivity contribution in [1.29, 1.82) is 0 Å². The van der Waals surface area contributed by atoms with Gasteiger partial charge in [0.05, 0.1) is 11.9 Å². The molecule has 3 rings (SSSR count). The molecule has 1 atom stereocenters. The van der Waals surface area contributed by atoms with Crippen LogP contribution in [0.25, 0.3) is 11.3 Å². The molecule has 25 heavy (non-hydrogen) atoms. The minimum atomic E-state index is -1.14. The molecule has 0 saturated carbocycles. The fraction of sp³-hybridized carbons (Fsp3) is 0.267. The number of amides is 1. The zero-order chi connectivity index (χ0) is 18.0. The van der Waals surface area contributed by atoms with E-state index >= 15 is 0 Å². The Hall–Kier alpha value is -3.01. The summed E-state index contributed by atoms with van der Waals surface area (Å²) in [6.07, 6.45) is 5.07. The molecule has 0 spiro atoms. The van der Waals surface area contributed by atoms with Crippen LogP contribution in [0.4, 0.5) is 5.13 Å². The van der Waals surface area contributed by atoms with Gasteiger partial charge in [0.1, 0.15) is 6.04 Å². The van der Waals surface area contributed by atoms with Gasteiger partial charge < -0.3 is 10.4 Å². The lowest BCUT2D eigenvalue weighted by molar-refractivity contribution is -0.119. The Morgan fingerprint density at radius 2 is 2.24 bits per heavy atom. The number of carbonyl (C=O) groups excluding carboxylic acids is 1. The highest BCUT2D eigenvalue weighted by Gasteiger charge is 2.19. The summed E-state index contributed by atoms with van der Waals surface area (Å²) < 4.78 is 3.10. The van der Waals surface area contributed by atoms with Crippen LogP contribution in [0.3, 0.4) is 0 Å². The fourth-order valence-corrected chi connectivity index (χ4v) is 2.85. The Morgan fingerprint density at radius 3 is 2.88 bits per heavy atom. The van der Waals surface area contributed by atoms with Crippen LogP contribution in [-0.2, 0) is 11.3 Å². The van der Waals surface area contributed by atoms with Crippen molar-refractivity contribution < 1.29 is 14.7 Å². The Bertz CT molecular complexity index is 912. The van der Waals surface area contributed by atoms with E-state index in [0.29, 0.717) is 5.13 Å². The topological polar surface area (TPSA) is 115 Å². The average Bonchev–Trinajstić information content (AvgIpc) is 3.33. The van der Waals surface area contributed by atoms with E-state index in [1.54, 1.807) is 17.8 Å². The molecule has 130 valence electrons. The zero-order valence-electron chi connectivity index (χ0n) is 13.6. The van der Waals surface area contributed by atoms with E-state index in [0.717, 1.165) is 17.8 Å². The van der Waals surface area contributed by atoms with Gasteiger partial charge in [-0.25, -0.2) is 9.78 Å². The molecule has 0 bridgehead atoms. The van der Waals surface area contributed by atoms with Crippen molar-refractivity contribution in [1.82, 2.24) is 24.5 Å². The van der Waals surface area contributed by atoms with Crippen LogP contribution < -0.4 is 5.32 Å². The van der Waals surface area contributed by atoms with Gasteiger partial charge >= 0.3 is 5.97 Å². The molecule has 3 heterocycles. The summed E-state index contributed by atoms with van der Waals surface area (Å²) in [6, 6.07) is 0.683. The predicted octanol–water partition coefficient (Wildman–Crippen LogP) is 2.12. The Balaban J connectivity index is 1.69. The number of thiazole rings is 1. The lowest BCUT2D eigenvalue weighted by atomic mass is 10.3. The molecule has 0 aliphatic carbocycles. The molecule has 0 fully saturated rings. The molecule has 0 aromatic carbocycles. The molecule has 9 nitrogen and oxygen atoms in total. The van der Waals surface area contributed by atoms with Crippen LogP contribution in [0.5, 0.6) is 0 Å². The van der Waals surface area contributed by atoms with Crippen molar-refractivity contribution in [2.45, 2.75) is 26.4 Å². The Kier molecular flexibility index (Phi) is 4.61. The highest BCUT2D eigenvalue weighted by Crippen LogP contribution is 2.25. The van der Waals surface area contributed by atoms with E-state index in [-0.39, 0.29) is 11.6 Å². The monoisotopic (exact) mass is 360 g/mol. The summed E-state index contributed by atoms with van der Waals surface area (Å²) in [6.45, 7) is 4.40. The highest BCUT2D eigenvalue weighted by atomic mass is 32.1. The van der Waals surface area contributed by atoms with Crippen LogP contribution in [0, 0.1) is 0 Å². The normalized spacial score (nSPS) is 12.1. The molecule has 3 aromatic heterocycles. The molecule has 0 aliphatic heterocycles.